The molecule has 0 saturated heterocycles. The zero-order valence-corrected chi connectivity index (χ0v) is 6.61. The van der Waals surface area contributed by atoms with Gasteiger partial charge in [0.2, 0.25) is 0 Å². The summed E-state index contributed by atoms with van der Waals surface area (Å²) in [5.74, 6) is 3.16. The molecule has 2 fully saturated rings. The van der Waals surface area contributed by atoms with E-state index in [4.69, 9.17) is 0 Å². The molecule has 3 rings (SSSR count). The minimum absolute atomic E-state index is 0.102. The maximum Gasteiger partial charge on any atom is 0.0757 e. The highest BCUT2D eigenvalue weighted by Gasteiger charge is 2.50. The first-order valence-electron chi connectivity index (χ1n) is 4.72. The van der Waals surface area contributed by atoms with E-state index in [0.29, 0.717) is 5.92 Å². The van der Waals surface area contributed by atoms with E-state index in [2.05, 4.69) is 6.08 Å². The van der Waals surface area contributed by atoms with E-state index in [1.165, 1.54) is 19.3 Å². The summed E-state index contributed by atoms with van der Waals surface area (Å²) < 4.78 is 0. The number of aliphatic hydroxyl groups is 1. The van der Waals surface area contributed by atoms with Crippen molar-refractivity contribution in [3.63, 3.8) is 0 Å². The minimum Gasteiger partial charge on any atom is -0.389 e. The van der Waals surface area contributed by atoms with Crippen LogP contribution in [0.5, 0.6) is 0 Å². The van der Waals surface area contributed by atoms with Crippen molar-refractivity contribution in [2.45, 2.75) is 25.4 Å². The van der Waals surface area contributed by atoms with Crippen LogP contribution < -0.4 is 0 Å². The Kier molecular flexibility index (Phi) is 1.07. The summed E-state index contributed by atoms with van der Waals surface area (Å²) in [6, 6.07) is 0. The minimum atomic E-state index is -0.102. The summed E-state index contributed by atoms with van der Waals surface area (Å²) in [7, 11) is 0. The number of allylic oxidation sites excluding steroid dienone is 1. The predicted molar refractivity (Wildman–Crippen MR) is 43.0 cm³/mol. The zero-order valence-electron chi connectivity index (χ0n) is 6.61. The quantitative estimate of drug-likeness (QED) is 0.520. The van der Waals surface area contributed by atoms with Gasteiger partial charge in [0, 0.05) is 0 Å². The molecule has 2 unspecified atom stereocenters. The highest BCUT2D eigenvalue weighted by atomic mass is 16.3. The smallest absolute Gasteiger partial charge is 0.0757 e. The lowest BCUT2D eigenvalue weighted by molar-refractivity contribution is 0.105. The van der Waals surface area contributed by atoms with Crippen LogP contribution in [0, 0.1) is 23.7 Å². The highest BCUT2D eigenvalue weighted by Crippen LogP contribution is 2.56. The van der Waals surface area contributed by atoms with Crippen molar-refractivity contribution in [1.29, 1.82) is 0 Å². The van der Waals surface area contributed by atoms with E-state index in [1.54, 1.807) is 0 Å². The third-order valence-corrected chi connectivity index (χ3v) is 3.97. The lowest BCUT2D eigenvalue weighted by Crippen LogP contribution is -2.25. The fraction of sp³-hybridized carbons (Fsp3) is 0.800. The summed E-state index contributed by atoms with van der Waals surface area (Å²) >= 11 is 0. The van der Waals surface area contributed by atoms with Gasteiger partial charge in [-0.15, -0.1) is 0 Å². The average molecular weight is 150 g/mol. The average Bonchev–Trinajstić information content (AvgIpc) is 2.60. The Morgan fingerprint density at radius 2 is 1.91 bits per heavy atom. The third kappa shape index (κ3) is 0.652. The Balaban J connectivity index is 1.96. The first-order valence-corrected chi connectivity index (χ1v) is 4.72. The van der Waals surface area contributed by atoms with Crippen LogP contribution >= 0.6 is 0 Å². The van der Waals surface area contributed by atoms with Gasteiger partial charge in [-0.2, -0.15) is 0 Å². The van der Waals surface area contributed by atoms with Gasteiger partial charge in [-0.05, 0) is 42.9 Å². The van der Waals surface area contributed by atoms with Gasteiger partial charge >= 0.3 is 0 Å². The molecule has 60 valence electrons. The standard InChI is InChI=1S/C10H14O/c11-9-4-3-8-6-1-2-7(5-6)10(8)9/h3-4,6-11H,1-2,5H2/t6-,7+,8?,9+,10?/m0/s1. The Hall–Kier alpha value is -0.300. The van der Waals surface area contributed by atoms with Gasteiger partial charge in [-0.3, -0.25) is 0 Å². The van der Waals surface area contributed by atoms with E-state index in [-0.39, 0.29) is 6.10 Å². The van der Waals surface area contributed by atoms with Gasteiger partial charge < -0.3 is 5.11 Å². The molecule has 0 spiro atoms. The molecule has 0 aromatic heterocycles. The van der Waals surface area contributed by atoms with Crippen molar-refractivity contribution in [3.05, 3.63) is 12.2 Å². The van der Waals surface area contributed by atoms with Gasteiger partial charge in [0.1, 0.15) is 0 Å². The topological polar surface area (TPSA) is 20.2 Å². The molecule has 0 aromatic rings. The van der Waals surface area contributed by atoms with E-state index in [1.807, 2.05) is 6.08 Å². The highest BCUT2D eigenvalue weighted by molar-refractivity contribution is 5.16. The molecule has 2 bridgehead atoms. The predicted octanol–water partition coefficient (Wildman–Crippen LogP) is 1.58. The molecule has 11 heavy (non-hydrogen) atoms. The van der Waals surface area contributed by atoms with Gasteiger partial charge in [-0.1, -0.05) is 12.2 Å². The van der Waals surface area contributed by atoms with Crippen LogP contribution in [0.15, 0.2) is 12.2 Å². The van der Waals surface area contributed by atoms with E-state index >= 15 is 0 Å². The number of aliphatic hydroxyl groups excluding tert-OH is 1. The van der Waals surface area contributed by atoms with Crippen LogP contribution in [0.2, 0.25) is 0 Å². The molecule has 1 nitrogen and oxygen atoms in total. The zero-order chi connectivity index (χ0) is 7.42. The first-order chi connectivity index (χ1) is 5.36. The SMILES string of the molecule is O[C@@H]1C=CC2C1[C@@H]1CC[C@H]2C1. The fourth-order valence-electron chi connectivity index (χ4n) is 3.54. The van der Waals surface area contributed by atoms with Crippen molar-refractivity contribution in [2.75, 3.05) is 0 Å². The molecular formula is C10H14O. The van der Waals surface area contributed by atoms with E-state index in [0.717, 1.165) is 17.8 Å². The second-order valence-electron chi connectivity index (χ2n) is 4.36. The summed E-state index contributed by atoms with van der Waals surface area (Å²) in [5.41, 5.74) is 0. The van der Waals surface area contributed by atoms with Crippen LogP contribution in [0.1, 0.15) is 19.3 Å². The van der Waals surface area contributed by atoms with Crippen molar-refractivity contribution >= 4 is 0 Å². The molecule has 1 N–H and O–H groups in total. The lowest BCUT2D eigenvalue weighted by Gasteiger charge is -2.26. The van der Waals surface area contributed by atoms with Crippen molar-refractivity contribution in [3.8, 4) is 0 Å². The Morgan fingerprint density at radius 1 is 1.09 bits per heavy atom. The summed E-state index contributed by atoms with van der Waals surface area (Å²) in [5, 5.41) is 9.63. The second kappa shape index (κ2) is 1.89. The maximum atomic E-state index is 9.63. The van der Waals surface area contributed by atoms with Crippen molar-refractivity contribution in [2.24, 2.45) is 23.7 Å². The second-order valence-corrected chi connectivity index (χ2v) is 4.36. The molecule has 1 heteroatoms. The summed E-state index contributed by atoms with van der Waals surface area (Å²) in [6.07, 6.45) is 8.37. The van der Waals surface area contributed by atoms with E-state index < -0.39 is 0 Å². The molecule has 0 amide bonds. The van der Waals surface area contributed by atoms with Crippen LogP contribution in [-0.4, -0.2) is 11.2 Å². The molecule has 3 aliphatic carbocycles. The van der Waals surface area contributed by atoms with Crippen molar-refractivity contribution < 1.29 is 5.11 Å². The number of hydrogen-bond acceptors (Lipinski definition) is 1. The first kappa shape index (κ1) is 6.24. The van der Waals surface area contributed by atoms with Crippen LogP contribution in [0.25, 0.3) is 0 Å². The monoisotopic (exact) mass is 150 g/mol. The number of fused-ring (bicyclic) bond motifs is 5. The number of rotatable bonds is 0. The number of hydrogen-bond donors (Lipinski definition) is 1. The normalized spacial score (nSPS) is 58.8. The van der Waals surface area contributed by atoms with Crippen LogP contribution in [0.4, 0.5) is 0 Å². The van der Waals surface area contributed by atoms with Crippen LogP contribution in [-0.2, 0) is 0 Å². The Bertz CT molecular complexity index is 209. The molecule has 2 saturated carbocycles. The third-order valence-electron chi connectivity index (χ3n) is 3.97. The molecule has 0 aliphatic heterocycles. The van der Waals surface area contributed by atoms with Gasteiger partial charge in [0.25, 0.3) is 0 Å². The molecule has 0 heterocycles. The van der Waals surface area contributed by atoms with Crippen molar-refractivity contribution in [1.82, 2.24) is 0 Å². The summed E-state index contributed by atoms with van der Waals surface area (Å²) in [6.45, 7) is 0. The molecular weight excluding hydrogens is 136 g/mol. The largest absolute Gasteiger partial charge is 0.389 e. The fourth-order valence-corrected chi connectivity index (χ4v) is 3.54. The van der Waals surface area contributed by atoms with Gasteiger partial charge in [0.05, 0.1) is 6.10 Å². The Labute approximate surface area is 67.1 Å². The molecule has 5 atom stereocenters. The molecule has 3 aliphatic rings. The van der Waals surface area contributed by atoms with Gasteiger partial charge in [0.15, 0.2) is 0 Å². The lowest BCUT2D eigenvalue weighted by atomic mass is 9.80. The Morgan fingerprint density at radius 3 is 2.73 bits per heavy atom. The molecule has 0 radical (unpaired) electrons. The van der Waals surface area contributed by atoms with E-state index in [9.17, 15) is 5.11 Å². The molecule has 0 aromatic carbocycles. The van der Waals surface area contributed by atoms with Crippen LogP contribution in [0.3, 0.4) is 0 Å². The van der Waals surface area contributed by atoms with Gasteiger partial charge in [-0.25, -0.2) is 0 Å². The maximum absolute atomic E-state index is 9.63. The summed E-state index contributed by atoms with van der Waals surface area (Å²) in [4.78, 5) is 0.